The minimum Gasteiger partial charge on any atom is -0.484 e. The van der Waals surface area contributed by atoms with Crippen LogP contribution < -0.4 is 15.8 Å². The maximum atomic E-state index is 12.0. The summed E-state index contributed by atoms with van der Waals surface area (Å²) in [7, 11) is 0. The van der Waals surface area contributed by atoms with Gasteiger partial charge < -0.3 is 15.8 Å². The van der Waals surface area contributed by atoms with Crippen molar-refractivity contribution in [3.8, 4) is 5.75 Å². The molecule has 5 nitrogen and oxygen atoms in total. The van der Waals surface area contributed by atoms with Gasteiger partial charge >= 0.3 is 0 Å². The number of ether oxygens (including phenoxy) is 1. The largest absolute Gasteiger partial charge is 0.484 e. The molecule has 5 heteroatoms. The molecule has 0 bridgehead atoms. The van der Waals surface area contributed by atoms with Gasteiger partial charge in [-0.1, -0.05) is 44.5 Å². The highest BCUT2D eigenvalue weighted by molar-refractivity contribution is 6.03. The van der Waals surface area contributed by atoms with E-state index in [0.29, 0.717) is 17.4 Å². The first kappa shape index (κ1) is 18.5. The van der Waals surface area contributed by atoms with Crippen LogP contribution in [-0.4, -0.2) is 18.4 Å². The lowest BCUT2D eigenvalue weighted by Crippen LogP contribution is -2.22. The van der Waals surface area contributed by atoms with Crippen LogP contribution in [0.25, 0.3) is 0 Å². The third-order valence-corrected chi connectivity index (χ3v) is 4.01. The number of anilines is 1. The Labute approximate surface area is 148 Å². The monoisotopic (exact) mass is 340 g/mol. The Kier molecular flexibility index (Phi) is 6.57. The highest BCUT2D eigenvalue weighted by Gasteiger charge is 2.11. The zero-order valence-electron chi connectivity index (χ0n) is 14.6. The van der Waals surface area contributed by atoms with Crippen molar-refractivity contribution in [1.29, 1.82) is 0 Å². The first-order valence-corrected chi connectivity index (χ1v) is 8.42. The lowest BCUT2D eigenvalue weighted by molar-refractivity contribution is -0.118. The second kappa shape index (κ2) is 8.87. The fraction of sp³-hybridized carbons (Fsp3) is 0.300. The van der Waals surface area contributed by atoms with E-state index in [-0.39, 0.29) is 18.1 Å². The van der Waals surface area contributed by atoms with Crippen molar-refractivity contribution in [2.75, 3.05) is 11.9 Å². The second-order valence-electron chi connectivity index (χ2n) is 6.01. The summed E-state index contributed by atoms with van der Waals surface area (Å²) in [6.45, 7) is 4.23. The highest BCUT2D eigenvalue weighted by atomic mass is 16.5. The minimum absolute atomic E-state index is 0.142. The molecule has 2 aromatic carbocycles. The van der Waals surface area contributed by atoms with Crippen molar-refractivity contribution in [1.82, 2.24) is 0 Å². The molecule has 0 aliphatic rings. The van der Waals surface area contributed by atoms with E-state index in [4.69, 9.17) is 10.5 Å². The van der Waals surface area contributed by atoms with Crippen molar-refractivity contribution in [3.63, 3.8) is 0 Å². The molecule has 1 unspecified atom stereocenters. The van der Waals surface area contributed by atoms with Gasteiger partial charge in [0.2, 0.25) is 0 Å². The maximum Gasteiger partial charge on any atom is 0.262 e. The summed E-state index contributed by atoms with van der Waals surface area (Å²) < 4.78 is 5.51. The average molecular weight is 340 g/mol. The van der Waals surface area contributed by atoms with Gasteiger partial charge in [-0.15, -0.1) is 0 Å². The number of primary amides is 1. The molecule has 0 aliphatic heterocycles. The van der Waals surface area contributed by atoms with Gasteiger partial charge in [0.1, 0.15) is 5.75 Å². The molecule has 0 saturated carbocycles. The number of amides is 2. The van der Waals surface area contributed by atoms with E-state index in [9.17, 15) is 9.59 Å². The smallest absolute Gasteiger partial charge is 0.262 e. The molecule has 132 valence electrons. The number of nitrogens with two attached hydrogens (primary N) is 1. The van der Waals surface area contributed by atoms with Gasteiger partial charge in [0.05, 0.1) is 11.3 Å². The van der Waals surface area contributed by atoms with Crippen LogP contribution in [0.3, 0.4) is 0 Å². The Morgan fingerprint density at radius 2 is 1.80 bits per heavy atom. The van der Waals surface area contributed by atoms with Gasteiger partial charge in [0.15, 0.2) is 6.61 Å². The normalized spacial score (nSPS) is 11.6. The molecule has 1 atom stereocenters. The topological polar surface area (TPSA) is 81.4 Å². The SMILES string of the molecule is CCCC(C)c1ccc(OCC(=O)Nc2ccccc2C(N)=O)cc1. The minimum atomic E-state index is -0.589. The van der Waals surface area contributed by atoms with E-state index in [2.05, 4.69) is 19.2 Å². The molecule has 0 spiro atoms. The predicted octanol–water partition coefficient (Wildman–Crippen LogP) is 3.71. The van der Waals surface area contributed by atoms with Crippen molar-refractivity contribution in [2.45, 2.75) is 32.6 Å². The lowest BCUT2D eigenvalue weighted by atomic mass is 9.97. The third-order valence-electron chi connectivity index (χ3n) is 4.01. The number of hydrogen-bond acceptors (Lipinski definition) is 3. The van der Waals surface area contributed by atoms with Crippen molar-refractivity contribution in [3.05, 3.63) is 59.7 Å². The number of carbonyl (C=O) groups excluding carboxylic acids is 2. The van der Waals surface area contributed by atoms with Gasteiger partial charge in [-0.05, 0) is 42.2 Å². The molecule has 0 saturated heterocycles. The first-order valence-electron chi connectivity index (χ1n) is 8.42. The second-order valence-corrected chi connectivity index (χ2v) is 6.01. The van der Waals surface area contributed by atoms with Crippen molar-refractivity contribution >= 4 is 17.5 Å². The Morgan fingerprint density at radius 3 is 2.44 bits per heavy atom. The molecule has 25 heavy (non-hydrogen) atoms. The third kappa shape index (κ3) is 5.35. The molecule has 0 heterocycles. The van der Waals surface area contributed by atoms with Crippen LogP contribution >= 0.6 is 0 Å². The van der Waals surface area contributed by atoms with Crippen LogP contribution in [0.15, 0.2) is 48.5 Å². The quantitative estimate of drug-likeness (QED) is 0.768. The molecule has 0 radical (unpaired) electrons. The summed E-state index contributed by atoms with van der Waals surface area (Å²) >= 11 is 0. The molecule has 0 aromatic heterocycles. The number of nitrogens with one attached hydrogen (secondary N) is 1. The van der Waals surface area contributed by atoms with Crippen LogP contribution in [0, 0.1) is 0 Å². The molecule has 0 aliphatic carbocycles. The molecular weight excluding hydrogens is 316 g/mol. The van der Waals surface area contributed by atoms with Gasteiger partial charge in [0.25, 0.3) is 11.8 Å². The van der Waals surface area contributed by atoms with Crippen molar-refractivity contribution in [2.24, 2.45) is 5.73 Å². The summed E-state index contributed by atoms with van der Waals surface area (Å²) in [6.07, 6.45) is 2.29. The first-order chi connectivity index (χ1) is 12.0. The van der Waals surface area contributed by atoms with Gasteiger partial charge in [-0.3, -0.25) is 9.59 Å². The zero-order valence-corrected chi connectivity index (χ0v) is 14.6. The van der Waals surface area contributed by atoms with Crippen LogP contribution in [0.1, 0.15) is 48.5 Å². The number of para-hydroxylation sites is 1. The number of carbonyl (C=O) groups is 2. The van der Waals surface area contributed by atoms with E-state index in [1.807, 2.05) is 24.3 Å². The average Bonchev–Trinajstić information content (AvgIpc) is 2.61. The predicted molar refractivity (Wildman–Crippen MR) is 98.8 cm³/mol. The van der Waals surface area contributed by atoms with Crippen LogP contribution in [0.4, 0.5) is 5.69 Å². The Hall–Kier alpha value is -2.82. The fourth-order valence-corrected chi connectivity index (χ4v) is 2.63. The van der Waals surface area contributed by atoms with Gasteiger partial charge in [0, 0.05) is 0 Å². The standard InChI is InChI=1S/C20H24N2O3/c1-3-6-14(2)15-9-11-16(12-10-15)25-13-19(23)22-18-8-5-4-7-17(18)20(21)24/h4-5,7-12,14H,3,6,13H2,1-2H3,(H2,21,24)(H,22,23). The Morgan fingerprint density at radius 1 is 1.12 bits per heavy atom. The van der Waals surface area contributed by atoms with Crippen LogP contribution in [-0.2, 0) is 4.79 Å². The van der Waals surface area contributed by atoms with E-state index in [1.165, 1.54) is 5.56 Å². The summed E-state index contributed by atoms with van der Waals surface area (Å²) in [4.78, 5) is 23.4. The van der Waals surface area contributed by atoms with Crippen LogP contribution in [0.2, 0.25) is 0 Å². The summed E-state index contributed by atoms with van der Waals surface area (Å²) in [6, 6.07) is 14.4. The van der Waals surface area contributed by atoms with E-state index >= 15 is 0 Å². The van der Waals surface area contributed by atoms with Gasteiger partial charge in [-0.25, -0.2) is 0 Å². The molecule has 3 N–H and O–H groups in total. The molecule has 2 aromatic rings. The number of rotatable bonds is 8. The van der Waals surface area contributed by atoms with Crippen molar-refractivity contribution < 1.29 is 14.3 Å². The summed E-state index contributed by atoms with van der Waals surface area (Å²) in [5.74, 6) is 0.198. The van der Waals surface area contributed by atoms with E-state index < -0.39 is 5.91 Å². The lowest BCUT2D eigenvalue weighted by Gasteiger charge is -2.12. The molecule has 0 fully saturated rings. The Bertz CT molecular complexity index is 726. The van der Waals surface area contributed by atoms with E-state index in [1.54, 1.807) is 24.3 Å². The number of hydrogen-bond donors (Lipinski definition) is 2. The highest BCUT2D eigenvalue weighted by Crippen LogP contribution is 2.23. The number of benzene rings is 2. The molecule has 2 amide bonds. The fourth-order valence-electron chi connectivity index (χ4n) is 2.63. The van der Waals surface area contributed by atoms with Gasteiger partial charge in [-0.2, -0.15) is 0 Å². The Balaban J connectivity index is 1.91. The zero-order chi connectivity index (χ0) is 18.2. The maximum absolute atomic E-state index is 12.0. The van der Waals surface area contributed by atoms with E-state index in [0.717, 1.165) is 12.8 Å². The molecule has 2 rings (SSSR count). The molecular formula is C20H24N2O3. The summed E-state index contributed by atoms with van der Waals surface area (Å²) in [5.41, 5.74) is 7.20. The summed E-state index contributed by atoms with van der Waals surface area (Å²) in [5, 5.41) is 2.64. The van der Waals surface area contributed by atoms with Crippen LogP contribution in [0.5, 0.6) is 5.75 Å².